The van der Waals surface area contributed by atoms with Gasteiger partial charge in [0, 0.05) is 6.42 Å². The molecular weight excluding hydrogens is 132 g/mol. The van der Waals surface area contributed by atoms with Crippen molar-refractivity contribution in [3.05, 3.63) is 0 Å². The molecule has 0 atom stereocenters. The van der Waals surface area contributed by atoms with Gasteiger partial charge in [0.25, 0.3) is 0 Å². The van der Waals surface area contributed by atoms with Crippen LogP contribution in [-0.4, -0.2) is 11.1 Å². The van der Waals surface area contributed by atoms with Crippen LogP contribution in [0.3, 0.4) is 0 Å². The second kappa shape index (κ2) is 4.62. The summed E-state index contributed by atoms with van der Waals surface area (Å²) in [5.41, 5.74) is 10.5. The summed E-state index contributed by atoms with van der Waals surface area (Å²) in [4.78, 5) is 3.84. The SMILES string of the molecule is CCCCCC(N)(N)OO. The van der Waals surface area contributed by atoms with E-state index in [9.17, 15) is 0 Å². The van der Waals surface area contributed by atoms with Crippen LogP contribution in [0.15, 0.2) is 0 Å². The Morgan fingerprint density at radius 1 is 1.40 bits per heavy atom. The molecule has 0 aromatic rings. The number of hydrogen-bond acceptors (Lipinski definition) is 4. The molecule has 0 aliphatic heterocycles. The fourth-order valence-corrected chi connectivity index (χ4v) is 0.697. The first-order valence-electron chi connectivity index (χ1n) is 3.52. The van der Waals surface area contributed by atoms with Crippen molar-refractivity contribution in [2.24, 2.45) is 11.5 Å². The lowest BCUT2D eigenvalue weighted by Crippen LogP contribution is -2.51. The van der Waals surface area contributed by atoms with Crippen molar-refractivity contribution in [3.63, 3.8) is 0 Å². The van der Waals surface area contributed by atoms with Gasteiger partial charge in [-0.15, -0.1) is 0 Å². The highest BCUT2D eigenvalue weighted by Crippen LogP contribution is 2.06. The Labute approximate surface area is 61.1 Å². The maximum absolute atomic E-state index is 8.14. The van der Waals surface area contributed by atoms with Crippen molar-refractivity contribution in [2.45, 2.75) is 38.5 Å². The highest BCUT2D eigenvalue weighted by molar-refractivity contribution is 4.61. The normalized spacial score (nSPS) is 12.0. The van der Waals surface area contributed by atoms with Crippen LogP contribution in [0.5, 0.6) is 0 Å². The van der Waals surface area contributed by atoms with Crippen LogP contribution in [0.25, 0.3) is 0 Å². The highest BCUT2D eigenvalue weighted by Gasteiger charge is 2.18. The van der Waals surface area contributed by atoms with E-state index in [0.29, 0.717) is 6.42 Å². The second-order valence-corrected chi connectivity index (χ2v) is 2.50. The minimum atomic E-state index is -1.35. The molecule has 5 N–H and O–H groups in total. The maximum atomic E-state index is 8.14. The quantitative estimate of drug-likeness (QED) is 0.231. The zero-order valence-corrected chi connectivity index (χ0v) is 6.34. The predicted octanol–water partition coefficient (Wildman–Crippen LogP) is 0.628. The molecule has 0 saturated carbocycles. The van der Waals surface area contributed by atoms with Crippen molar-refractivity contribution in [1.82, 2.24) is 0 Å². The summed E-state index contributed by atoms with van der Waals surface area (Å²) in [5.74, 6) is -1.35. The molecule has 4 nitrogen and oxygen atoms in total. The third kappa shape index (κ3) is 4.69. The van der Waals surface area contributed by atoms with Crippen molar-refractivity contribution in [2.75, 3.05) is 0 Å². The van der Waals surface area contributed by atoms with Crippen LogP contribution < -0.4 is 11.5 Å². The van der Waals surface area contributed by atoms with E-state index in [1.807, 2.05) is 0 Å². The molecule has 0 heterocycles. The summed E-state index contributed by atoms with van der Waals surface area (Å²) >= 11 is 0. The molecule has 0 fully saturated rings. The summed E-state index contributed by atoms with van der Waals surface area (Å²) in [6.07, 6.45) is 3.52. The Kier molecular flexibility index (Phi) is 4.55. The summed E-state index contributed by atoms with van der Waals surface area (Å²) in [6.45, 7) is 2.08. The number of rotatable bonds is 5. The van der Waals surface area contributed by atoms with Gasteiger partial charge in [0.05, 0.1) is 0 Å². The van der Waals surface area contributed by atoms with E-state index < -0.39 is 5.85 Å². The summed E-state index contributed by atoms with van der Waals surface area (Å²) < 4.78 is 0. The first-order chi connectivity index (χ1) is 4.62. The third-order valence-electron chi connectivity index (χ3n) is 1.34. The average Bonchev–Trinajstić information content (AvgIpc) is 1.89. The van der Waals surface area contributed by atoms with Gasteiger partial charge >= 0.3 is 0 Å². The van der Waals surface area contributed by atoms with Crippen LogP contribution in [0.4, 0.5) is 0 Å². The monoisotopic (exact) mass is 148 g/mol. The molecule has 0 aromatic heterocycles. The van der Waals surface area contributed by atoms with E-state index in [1.54, 1.807) is 0 Å². The van der Waals surface area contributed by atoms with Gasteiger partial charge in [0.1, 0.15) is 0 Å². The molecule has 0 radical (unpaired) electrons. The molecule has 0 bridgehead atoms. The zero-order chi connectivity index (χ0) is 8.04. The maximum Gasteiger partial charge on any atom is 0.202 e. The fraction of sp³-hybridized carbons (Fsp3) is 1.00. The van der Waals surface area contributed by atoms with E-state index in [0.717, 1.165) is 19.3 Å². The van der Waals surface area contributed by atoms with E-state index >= 15 is 0 Å². The smallest absolute Gasteiger partial charge is 0.202 e. The van der Waals surface area contributed by atoms with E-state index in [4.69, 9.17) is 16.7 Å². The van der Waals surface area contributed by atoms with Gasteiger partial charge in [-0.3, -0.25) is 11.5 Å². The van der Waals surface area contributed by atoms with Gasteiger partial charge < -0.3 is 0 Å². The number of hydrogen-bond donors (Lipinski definition) is 3. The van der Waals surface area contributed by atoms with Gasteiger partial charge in [-0.1, -0.05) is 19.8 Å². The van der Waals surface area contributed by atoms with Crippen LogP contribution in [0, 0.1) is 0 Å². The van der Waals surface area contributed by atoms with Gasteiger partial charge in [-0.2, -0.15) is 0 Å². The molecule has 10 heavy (non-hydrogen) atoms. The molecular formula is C6H16N2O2. The number of unbranched alkanes of at least 4 members (excludes halogenated alkanes) is 2. The molecule has 0 aliphatic carbocycles. The van der Waals surface area contributed by atoms with E-state index in [1.165, 1.54) is 0 Å². The van der Waals surface area contributed by atoms with Crippen LogP contribution in [-0.2, 0) is 4.89 Å². The van der Waals surface area contributed by atoms with Crippen molar-refractivity contribution in [3.8, 4) is 0 Å². The molecule has 0 saturated heterocycles. The van der Waals surface area contributed by atoms with Crippen molar-refractivity contribution < 1.29 is 10.1 Å². The van der Waals surface area contributed by atoms with Crippen LogP contribution in [0.2, 0.25) is 0 Å². The lowest BCUT2D eigenvalue weighted by atomic mass is 10.1. The predicted molar refractivity (Wildman–Crippen MR) is 39.0 cm³/mol. The van der Waals surface area contributed by atoms with Gasteiger partial charge in [0.15, 0.2) is 0 Å². The Bertz CT molecular complexity index is 85.8. The third-order valence-corrected chi connectivity index (χ3v) is 1.34. The molecule has 0 aromatic carbocycles. The average molecular weight is 148 g/mol. The molecule has 0 aliphatic rings. The van der Waals surface area contributed by atoms with Gasteiger partial charge in [-0.25, -0.2) is 10.1 Å². The van der Waals surface area contributed by atoms with Gasteiger partial charge in [0.2, 0.25) is 5.85 Å². The summed E-state index contributed by atoms with van der Waals surface area (Å²) in [5, 5.41) is 8.14. The van der Waals surface area contributed by atoms with Crippen LogP contribution in [0.1, 0.15) is 32.6 Å². The van der Waals surface area contributed by atoms with Crippen molar-refractivity contribution in [1.29, 1.82) is 0 Å². The summed E-state index contributed by atoms with van der Waals surface area (Å²) in [6, 6.07) is 0. The first-order valence-corrected chi connectivity index (χ1v) is 3.52. The minimum absolute atomic E-state index is 0.483. The fourth-order valence-electron chi connectivity index (χ4n) is 0.697. The second-order valence-electron chi connectivity index (χ2n) is 2.50. The molecule has 62 valence electrons. The van der Waals surface area contributed by atoms with E-state index in [2.05, 4.69) is 11.8 Å². The van der Waals surface area contributed by atoms with Crippen molar-refractivity contribution >= 4 is 0 Å². The van der Waals surface area contributed by atoms with Gasteiger partial charge in [-0.05, 0) is 6.42 Å². The Hall–Kier alpha value is -0.160. The first kappa shape index (κ1) is 9.84. The topological polar surface area (TPSA) is 81.5 Å². The Morgan fingerprint density at radius 3 is 2.40 bits per heavy atom. The molecule has 0 unspecified atom stereocenters. The number of nitrogens with two attached hydrogens (primary N) is 2. The molecule has 0 rings (SSSR count). The lowest BCUT2D eigenvalue weighted by Gasteiger charge is -2.19. The van der Waals surface area contributed by atoms with E-state index in [-0.39, 0.29) is 0 Å². The Morgan fingerprint density at radius 2 is 2.00 bits per heavy atom. The zero-order valence-electron chi connectivity index (χ0n) is 6.34. The molecule has 4 heteroatoms. The highest BCUT2D eigenvalue weighted by atomic mass is 17.1. The Balaban J connectivity index is 3.28. The minimum Gasteiger partial charge on any atom is -0.288 e. The lowest BCUT2D eigenvalue weighted by molar-refractivity contribution is -0.322. The largest absolute Gasteiger partial charge is 0.288 e. The molecule has 0 spiro atoms. The summed E-state index contributed by atoms with van der Waals surface area (Å²) in [7, 11) is 0. The molecule has 0 amide bonds. The van der Waals surface area contributed by atoms with Crippen LogP contribution >= 0.6 is 0 Å². The standard InChI is InChI=1S/C6H16N2O2/c1-2-3-4-5-6(7,8)10-9/h9H,2-5,7-8H2,1H3.